The van der Waals surface area contributed by atoms with Gasteiger partial charge in [0.1, 0.15) is 0 Å². The molecule has 0 fully saturated rings. The quantitative estimate of drug-likeness (QED) is 0.475. The molecule has 0 saturated carbocycles. The lowest BCUT2D eigenvalue weighted by Crippen LogP contribution is -2.35. The van der Waals surface area contributed by atoms with Crippen LogP contribution in [0.25, 0.3) is 0 Å². The molecule has 0 aromatic rings. The molecule has 0 aliphatic heterocycles. The first-order chi connectivity index (χ1) is 4.00. The molecule has 0 spiro atoms. The lowest BCUT2D eigenvalue weighted by atomic mass is 10.6. The third-order valence-corrected chi connectivity index (χ3v) is 1.06. The van der Waals surface area contributed by atoms with Crippen LogP contribution < -0.4 is 0 Å². The van der Waals surface area contributed by atoms with Gasteiger partial charge in [-0.25, -0.2) is 4.79 Å². The second-order valence-corrected chi connectivity index (χ2v) is 2.05. The minimum Gasteiger partial charge on any atom is -0.479 e. The maximum Gasteiger partial charge on any atom is 0.335 e. The SMILES string of the molecule is C[14C](O)(CCO)C(=O)O. The lowest BCUT2D eigenvalue weighted by Gasteiger charge is -2.14. The fourth-order valence-corrected chi connectivity index (χ4v) is 0.325. The number of rotatable bonds is 3. The van der Waals surface area contributed by atoms with Gasteiger partial charge in [0.25, 0.3) is 0 Å². The predicted molar refractivity (Wildman–Crippen MR) is 30.0 cm³/mol. The van der Waals surface area contributed by atoms with E-state index in [1.54, 1.807) is 0 Å². The molecule has 54 valence electrons. The summed E-state index contributed by atoms with van der Waals surface area (Å²) < 4.78 is 0. The van der Waals surface area contributed by atoms with Crippen LogP contribution in [0.15, 0.2) is 0 Å². The van der Waals surface area contributed by atoms with Crippen molar-refractivity contribution in [3.63, 3.8) is 0 Å². The second kappa shape index (κ2) is 2.80. The molecule has 3 N–H and O–H groups in total. The molecule has 0 rings (SSSR count). The van der Waals surface area contributed by atoms with Crippen LogP contribution in [0.5, 0.6) is 0 Å². The summed E-state index contributed by atoms with van der Waals surface area (Å²) in [6, 6.07) is 0. The van der Waals surface area contributed by atoms with E-state index in [0.29, 0.717) is 0 Å². The number of carbonyl (C=O) groups is 1. The van der Waals surface area contributed by atoms with Crippen LogP contribution in [0.4, 0.5) is 0 Å². The molecule has 0 amide bonds. The smallest absolute Gasteiger partial charge is 0.335 e. The number of hydrogen-bond acceptors (Lipinski definition) is 3. The maximum absolute atomic E-state index is 10.0. The Hall–Kier alpha value is -0.610. The van der Waals surface area contributed by atoms with E-state index in [-0.39, 0.29) is 13.0 Å². The average molecular weight is 136 g/mol. The predicted octanol–water partition coefficient (Wildman–Crippen LogP) is -0.796. The van der Waals surface area contributed by atoms with E-state index in [1.807, 2.05) is 0 Å². The Kier molecular flexibility index (Phi) is 2.61. The number of carboxylic acids is 1. The molecular weight excluding hydrogens is 126 g/mol. The molecule has 0 aliphatic rings. The summed E-state index contributed by atoms with van der Waals surface area (Å²) in [5, 5.41) is 25.3. The third kappa shape index (κ3) is 2.43. The van der Waals surface area contributed by atoms with Crippen molar-refractivity contribution in [2.75, 3.05) is 6.61 Å². The highest BCUT2D eigenvalue weighted by Crippen LogP contribution is 2.07. The summed E-state index contributed by atoms with van der Waals surface area (Å²) in [7, 11) is 0. The summed E-state index contributed by atoms with van der Waals surface area (Å²) in [4.78, 5) is 10.0. The van der Waals surface area contributed by atoms with Gasteiger partial charge in [0.05, 0.1) is 0 Å². The van der Waals surface area contributed by atoms with E-state index >= 15 is 0 Å². The van der Waals surface area contributed by atoms with E-state index in [4.69, 9.17) is 15.3 Å². The van der Waals surface area contributed by atoms with Gasteiger partial charge < -0.3 is 15.3 Å². The van der Waals surface area contributed by atoms with Crippen molar-refractivity contribution in [3.05, 3.63) is 0 Å². The second-order valence-electron chi connectivity index (χ2n) is 2.05. The van der Waals surface area contributed by atoms with Crippen molar-refractivity contribution in [2.45, 2.75) is 18.9 Å². The topological polar surface area (TPSA) is 77.8 Å². The van der Waals surface area contributed by atoms with E-state index in [1.165, 1.54) is 0 Å². The van der Waals surface area contributed by atoms with E-state index in [0.717, 1.165) is 6.92 Å². The normalized spacial score (nSPS) is 16.8. The Labute approximate surface area is 52.7 Å². The summed E-state index contributed by atoms with van der Waals surface area (Å²) >= 11 is 0. The molecule has 0 aromatic carbocycles. The highest BCUT2D eigenvalue weighted by molar-refractivity contribution is 5.76. The molecule has 0 heterocycles. The largest absolute Gasteiger partial charge is 0.479 e. The van der Waals surface area contributed by atoms with Gasteiger partial charge in [0, 0.05) is 13.0 Å². The first-order valence-electron chi connectivity index (χ1n) is 2.57. The Morgan fingerprint density at radius 3 is 2.22 bits per heavy atom. The monoisotopic (exact) mass is 136 g/mol. The van der Waals surface area contributed by atoms with Crippen LogP contribution in [0.3, 0.4) is 0 Å². The van der Waals surface area contributed by atoms with Crippen LogP contribution >= 0.6 is 0 Å². The van der Waals surface area contributed by atoms with Crippen molar-refractivity contribution >= 4 is 5.97 Å². The van der Waals surface area contributed by atoms with Gasteiger partial charge >= 0.3 is 5.97 Å². The van der Waals surface area contributed by atoms with Gasteiger partial charge in [0.2, 0.25) is 0 Å². The van der Waals surface area contributed by atoms with Gasteiger partial charge in [-0.05, 0) is 6.92 Å². The van der Waals surface area contributed by atoms with E-state index < -0.39 is 11.6 Å². The van der Waals surface area contributed by atoms with E-state index in [2.05, 4.69) is 0 Å². The van der Waals surface area contributed by atoms with Crippen molar-refractivity contribution in [3.8, 4) is 0 Å². The van der Waals surface area contributed by atoms with Gasteiger partial charge in [-0.3, -0.25) is 0 Å². The summed E-state index contributed by atoms with van der Waals surface area (Å²) in [6.07, 6.45) is -0.137. The first kappa shape index (κ1) is 8.39. The van der Waals surface area contributed by atoms with Gasteiger partial charge in [-0.15, -0.1) is 0 Å². The Morgan fingerprint density at radius 2 is 2.11 bits per heavy atom. The van der Waals surface area contributed by atoms with Crippen molar-refractivity contribution in [2.24, 2.45) is 0 Å². The fourth-order valence-electron chi connectivity index (χ4n) is 0.325. The first-order valence-corrected chi connectivity index (χ1v) is 2.57. The van der Waals surface area contributed by atoms with Crippen LogP contribution in [-0.4, -0.2) is 33.5 Å². The number of aliphatic hydroxyl groups excluding tert-OH is 1. The van der Waals surface area contributed by atoms with Gasteiger partial charge in [-0.2, -0.15) is 0 Å². The van der Waals surface area contributed by atoms with Crippen LogP contribution in [0, 0.1) is 0 Å². The van der Waals surface area contributed by atoms with Crippen molar-refractivity contribution in [1.82, 2.24) is 0 Å². The Balaban J connectivity index is 3.85. The van der Waals surface area contributed by atoms with Crippen LogP contribution in [0.2, 0.25) is 0 Å². The number of aliphatic hydroxyl groups is 2. The Morgan fingerprint density at radius 1 is 1.67 bits per heavy atom. The Bertz CT molecular complexity index is 108. The molecule has 0 aromatic heterocycles. The molecule has 0 radical (unpaired) electrons. The van der Waals surface area contributed by atoms with Crippen molar-refractivity contribution < 1.29 is 20.1 Å². The molecule has 4 heteroatoms. The molecular formula is C5H10O4. The zero-order chi connectivity index (χ0) is 7.49. The maximum atomic E-state index is 10.0. The zero-order valence-corrected chi connectivity index (χ0v) is 5.16. The highest BCUT2D eigenvalue weighted by atomic mass is 16.6. The van der Waals surface area contributed by atoms with E-state index in [9.17, 15) is 4.79 Å². The molecule has 9 heavy (non-hydrogen) atoms. The minimum absolute atomic E-state index is 0.137. The average Bonchev–Trinajstić information content (AvgIpc) is 1.65. The summed E-state index contributed by atoms with van der Waals surface area (Å²) in [5.74, 6) is -1.31. The summed E-state index contributed by atoms with van der Waals surface area (Å²) in [6.45, 7) is 0.824. The molecule has 1 unspecified atom stereocenters. The van der Waals surface area contributed by atoms with Crippen LogP contribution in [-0.2, 0) is 4.79 Å². The molecule has 4 nitrogen and oxygen atoms in total. The van der Waals surface area contributed by atoms with Crippen LogP contribution in [0.1, 0.15) is 13.3 Å². The number of hydrogen-bond donors (Lipinski definition) is 3. The highest BCUT2D eigenvalue weighted by Gasteiger charge is 2.28. The zero-order valence-electron chi connectivity index (χ0n) is 5.16. The van der Waals surface area contributed by atoms with Gasteiger partial charge in [0.15, 0.2) is 5.60 Å². The van der Waals surface area contributed by atoms with Crippen molar-refractivity contribution in [1.29, 1.82) is 0 Å². The number of aliphatic carboxylic acids is 1. The molecule has 0 aliphatic carbocycles. The summed E-state index contributed by atoms with van der Waals surface area (Å²) in [5.41, 5.74) is -1.78. The number of carboxylic acid groups (broad SMARTS) is 1. The standard InChI is InChI=1S/C5H10O4/c1-5(9,2-3-6)4(7)8/h6,9H,2-3H2,1H3,(H,7,8)/i5+2. The molecule has 0 bridgehead atoms. The molecule has 0 saturated heterocycles. The fraction of sp³-hybridized carbons (Fsp3) is 0.800. The minimum atomic E-state index is -1.78. The third-order valence-electron chi connectivity index (χ3n) is 1.06. The van der Waals surface area contributed by atoms with Gasteiger partial charge in [-0.1, -0.05) is 0 Å². The lowest BCUT2D eigenvalue weighted by molar-refractivity contribution is -0.157. The molecule has 1 atom stereocenters.